The second-order valence-electron chi connectivity index (χ2n) is 6.32. The number of rotatable bonds is 12. The largest absolute Gasteiger partial charge is 0.508 e. The fraction of sp³-hybridized carbons (Fsp3) is 0.444. The molecule has 0 aliphatic rings. The van der Waals surface area contributed by atoms with E-state index in [9.17, 15) is 29.4 Å². The van der Waals surface area contributed by atoms with Crippen molar-refractivity contribution in [3.05, 3.63) is 29.8 Å². The zero-order valence-corrected chi connectivity index (χ0v) is 16.6. The first kappa shape index (κ1) is 24.2. The summed E-state index contributed by atoms with van der Waals surface area (Å²) in [6.45, 7) is 0. The number of carbonyl (C=O) groups is 4. The summed E-state index contributed by atoms with van der Waals surface area (Å²) in [5, 5.41) is 32.2. The Hall–Kier alpha value is -2.79. The lowest BCUT2D eigenvalue weighted by Gasteiger charge is -2.22. The summed E-state index contributed by atoms with van der Waals surface area (Å²) in [7, 11) is 0. The molecule has 1 aromatic rings. The zero-order chi connectivity index (χ0) is 22.0. The smallest absolute Gasteiger partial charge is 0.326 e. The van der Waals surface area contributed by atoms with E-state index in [1.807, 2.05) is 0 Å². The summed E-state index contributed by atoms with van der Waals surface area (Å²) in [5.74, 6) is -3.49. The minimum Gasteiger partial charge on any atom is -0.508 e. The molecule has 0 unspecified atom stereocenters. The van der Waals surface area contributed by atoms with Crippen LogP contribution in [0.4, 0.5) is 0 Å². The highest BCUT2D eigenvalue weighted by Gasteiger charge is 2.28. The van der Waals surface area contributed by atoms with Crippen LogP contribution in [-0.2, 0) is 25.6 Å². The molecule has 0 saturated heterocycles. The first-order valence-corrected chi connectivity index (χ1v) is 10.1. The number of benzene rings is 1. The second-order valence-corrected chi connectivity index (χ2v) is 7.30. The molecule has 0 aliphatic carbocycles. The lowest BCUT2D eigenvalue weighted by atomic mass is 10.0. The Labute approximate surface area is 171 Å². The third kappa shape index (κ3) is 8.83. The maximum atomic E-state index is 12.6. The SMILES string of the molecule is CSCC[C@H](NC(=O)[C@@H](N)CC(=O)O)C(=O)N[C@@H](Cc1ccc(O)cc1)C(=O)O. The highest BCUT2D eigenvalue weighted by atomic mass is 32.2. The quantitative estimate of drug-likeness (QED) is 0.257. The average Bonchev–Trinajstić information content (AvgIpc) is 2.65. The number of carbonyl (C=O) groups excluding carboxylic acids is 2. The number of phenolic OH excluding ortho intramolecular Hbond substituents is 1. The van der Waals surface area contributed by atoms with Crippen LogP contribution in [0.5, 0.6) is 5.75 Å². The van der Waals surface area contributed by atoms with Crippen LogP contribution in [0.1, 0.15) is 18.4 Å². The van der Waals surface area contributed by atoms with Gasteiger partial charge in [-0.05, 0) is 36.1 Å². The van der Waals surface area contributed by atoms with Crippen molar-refractivity contribution < 1.29 is 34.5 Å². The van der Waals surface area contributed by atoms with Gasteiger partial charge in [0, 0.05) is 6.42 Å². The van der Waals surface area contributed by atoms with E-state index in [0.717, 1.165) is 0 Å². The van der Waals surface area contributed by atoms with Crippen molar-refractivity contribution in [1.82, 2.24) is 10.6 Å². The van der Waals surface area contributed by atoms with Crippen molar-refractivity contribution in [2.45, 2.75) is 37.4 Å². The zero-order valence-electron chi connectivity index (χ0n) is 15.8. The van der Waals surface area contributed by atoms with Crippen LogP contribution in [0.15, 0.2) is 24.3 Å². The maximum Gasteiger partial charge on any atom is 0.326 e. The molecule has 1 aromatic carbocycles. The Morgan fingerprint density at radius 3 is 2.14 bits per heavy atom. The molecule has 2 amide bonds. The Morgan fingerprint density at radius 1 is 1.03 bits per heavy atom. The van der Waals surface area contributed by atoms with Crippen LogP contribution < -0.4 is 16.4 Å². The van der Waals surface area contributed by atoms with E-state index < -0.39 is 48.3 Å². The highest BCUT2D eigenvalue weighted by molar-refractivity contribution is 7.98. The molecule has 0 fully saturated rings. The summed E-state index contributed by atoms with van der Waals surface area (Å²) in [6, 6.07) is 2.24. The number of nitrogens with one attached hydrogen (secondary N) is 2. The lowest BCUT2D eigenvalue weighted by Crippen LogP contribution is -2.55. The summed E-state index contributed by atoms with van der Waals surface area (Å²) >= 11 is 1.43. The van der Waals surface area contributed by atoms with Crippen LogP contribution in [-0.4, -0.2) is 69.2 Å². The van der Waals surface area contributed by atoms with E-state index in [1.165, 1.54) is 36.0 Å². The van der Waals surface area contributed by atoms with Gasteiger partial charge in [-0.15, -0.1) is 0 Å². The fourth-order valence-electron chi connectivity index (χ4n) is 2.40. The number of carboxylic acid groups (broad SMARTS) is 2. The van der Waals surface area contributed by atoms with Crippen LogP contribution >= 0.6 is 11.8 Å². The van der Waals surface area contributed by atoms with Gasteiger partial charge in [0.15, 0.2) is 0 Å². The predicted molar refractivity (Wildman–Crippen MR) is 107 cm³/mol. The van der Waals surface area contributed by atoms with Gasteiger partial charge in [0.05, 0.1) is 12.5 Å². The van der Waals surface area contributed by atoms with Gasteiger partial charge in [0.1, 0.15) is 17.8 Å². The molecule has 0 aromatic heterocycles. The van der Waals surface area contributed by atoms with E-state index >= 15 is 0 Å². The lowest BCUT2D eigenvalue weighted by molar-refractivity contribution is -0.142. The Balaban J connectivity index is 2.83. The monoisotopic (exact) mass is 427 g/mol. The van der Waals surface area contributed by atoms with Gasteiger partial charge in [-0.1, -0.05) is 12.1 Å². The van der Waals surface area contributed by atoms with Gasteiger partial charge in [-0.3, -0.25) is 14.4 Å². The summed E-state index contributed by atoms with van der Waals surface area (Å²) in [5.41, 5.74) is 6.10. The molecule has 7 N–H and O–H groups in total. The predicted octanol–water partition coefficient (Wildman–Crippen LogP) is -0.456. The Morgan fingerprint density at radius 2 is 1.62 bits per heavy atom. The van der Waals surface area contributed by atoms with Gasteiger partial charge >= 0.3 is 11.9 Å². The van der Waals surface area contributed by atoms with Crippen molar-refractivity contribution in [3.8, 4) is 5.75 Å². The molecule has 0 radical (unpaired) electrons. The molecular formula is C18H25N3O7S. The van der Waals surface area contributed by atoms with E-state index in [-0.39, 0.29) is 18.6 Å². The molecule has 3 atom stereocenters. The van der Waals surface area contributed by atoms with Crippen LogP contribution in [0, 0.1) is 0 Å². The fourth-order valence-corrected chi connectivity index (χ4v) is 2.88. The topological polar surface area (TPSA) is 179 Å². The molecule has 0 saturated carbocycles. The van der Waals surface area contributed by atoms with Crippen molar-refractivity contribution in [1.29, 1.82) is 0 Å². The van der Waals surface area contributed by atoms with E-state index in [0.29, 0.717) is 11.3 Å². The first-order valence-electron chi connectivity index (χ1n) is 8.71. The number of phenols is 1. The van der Waals surface area contributed by atoms with Crippen molar-refractivity contribution in [2.75, 3.05) is 12.0 Å². The molecule has 10 nitrogen and oxygen atoms in total. The van der Waals surface area contributed by atoms with Gasteiger partial charge in [0.25, 0.3) is 0 Å². The van der Waals surface area contributed by atoms with E-state index in [2.05, 4.69) is 10.6 Å². The third-order valence-electron chi connectivity index (χ3n) is 3.97. The number of nitrogens with two attached hydrogens (primary N) is 1. The molecule has 160 valence electrons. The molecule has 1 rings (SSSR count). The second kappa shape index (κ2) is 11.9. The molecule has 0 heterocycles. The minimum atomic E-state index is -1.33. The number of hydrogen-bond acceptors (Lipinski definition) is 7. The van der Waals surface area contributed by atoms with Crippen molar-refractivity contribution >= 4 is 35.5 Å². The van der Waals surface area contributed by atoms with Gasteiger partial charge in [-0.25, -0.2) is 4.79 Å². The number of hydrogen-bond donors (Lipinski definition) is 6. The number of carboxylic acids is 2. The molecule has 0 spiro atoms. The molecule has 29 heavy (non-hydrogen) atoms. The van der Waals surface area contributed by atoms with E-state index in [1.54, 1.807) is 6.26 Å². The number of amides is 2. The van der Waals surface area contributed by atoms with Crippen molar-refractivity contribution in [2.24, 2.45) is 5.73 Å². The maximum absolute atomic E-state index is 12.6. The highest BCUT2D eigenvalue weighted by Crippen LogP contribution is 2.12. The summed E-state index contributed by atoms with van der Waals surface area (Å²) < 4.78 is 0. The number of aromatic hydroxyl groups is 1. The van der Waals surface area contributed by atoms with Crippen LogP contribution in [0.25, 0.3) is 0 Å². The Kier molecular flexibility index (Phi) is 9.97. The van der Waals surface area contributed by atoms with Crippen molar-refractivity contribution in [3.63, 3.8) is 0 Å². The summed E-state index contributed by atoms with van der Waals surface area (Å²) in [4.78, 5) is 46.9. The van der Waals surface area contributed by atoms with Gasteiger partial charge in [-0.2, -0.15) is 11.8 Å². The minimum absolute atomic E-state index is 0.0247. The van der Waals surface area contributed by atoms with E-state index in [4.69, 9.17) is 10.8 Å². The standard InChI is InChI=1S/C18H25N3O7S/c1-29-7-6-13(20-16(25)12(19)9-15(23)24)17(26)21-14(18(27)28)8-10-2-4-11(22)5-3-10/h2-5,12-14,22H,6-9,19H2,1H3,(H,20,25)(H,21,26)(H,23,24)(H,27,28)/t12-,13-,14-/m0/s1. The van der Waals surface area contributed by atoms with Gasteiger partial charge in [0.2, 0.25) is 11.8 Å². The number of aliphatic carboxylic acids is 2. The summed E-state index contributed by atoms with van der Waals surface area (Å²) in [6.07, 6.45) is 1.40. The third-order valence-corrected chi connectivity index (χ3v) is 4.61. The Bertz CT molecular complexity index is 727. The first-order chi connectivity index (χ1) is 13.6. The molecular weight excluding hydrogens is 402 g/mol. The average molecular weight is 427 g/mol. The van der Waals surface area contributed by atoms with Crippen LogP contribution in [0.3, 0.4) is 0 Å². The number of thioether (sulfide) groups is 1. The normalized spacial score (nSPS) is 13.7. The van der Waals surface area contributed by atoms with Gasteiger partial charge < -0.3 is 31.7 Å². The molecule has 0 bridgehead atoms. The van der Waals surface area contributed by atoms with Crippen LogP contribution in [0.2, 0.25) is 0 Å². The molecule has 11 heteroatoms. The molecule has 0 aliphatic heterocycles.